The van der Waals surface area contributed by atoms with Crippen LogP contribution in [0.4, 0.5) is 5.13 Å². The number of ether oxygens (including phenoxy) is 1. The number of hydrogen-bond donors (Lipinski definition) is 1. The quantitative estimate of drug-likeness (QED) is 0.219. The molecule has 1 amide bonds. The van der Waals surface area contributed by atoms with Crippen LogP contribution in [0.1, 0.15) is 22.7 Å². The van der Waals surface area contributed by atoms with Gasteiger partial charge in [-0.3, -0.25) is 14.5 Å². The summed E-state index contributed by atoms with van der Waals surface area (Å²) in [6.45, 7) is 1.93. The van der Waals surface area contributed by atoms with E-state index in [9.17, 15) is 14.7 Å². The number of Topliss-reactive ketones (excluding diaryl/α,β-unsaturated/α-hetero) is 1. The second-order valence-corrected chi connectivity index (χ2v) is 9.36. The van der Waals surface area contributed by atoms with Gasteiger partial charge in [0.25, 0.3) is 5.78 Å². The Kier molecular flexibility index (Phi) is 5.59. The lowest BCUT2D eigenvalue weighted by atomic mass is 9.95. The topological polar surface area (TPSA) is 79.7 Å². The fraction of sp³-hybridized carbons (Fsp3) is 0.115. The molecular weight excluding hydrogens is 472 g/mol. The summed E-state index contributed by atoms with van der Waals surface area (Å²) in [6.07, 6.45) is 0. The SMILES string of the molecule is COc1ccc2nc(N3C(=O)C(=O)C(=C(O)c4ccc(C)cc4)C3c3ccc(Cl)cc3)sc2c1. The van der Waals surface area contributed by atoms with Crippen molar-refractivity contribution in [3.8, 4) is 5.75 Å². The minimum Gasteiger partial charge on any atom is -0.507 e. The maximum atomic E-state index is 13.3. The predicted molar refractivity (Wildman–Crippen MR) is 134 cm³/mol. The molecule has 34 heavy (non-hydrogen) atoms. The molecule has 8 heteroatoms. The predicted octanol–water partition coefficient (Wildman–Crippen LogP) is 5.89. The Labute approximate surface area is 204 Å². The molecule has 0 spiro atoms. The number of thiazole rings is 1. The van der Waals surface area contributed by atoms with Crippen molar-refractivity contribution in [2.75, 3.05) is 12.0 Å². The number of fused-ring (bicyclic) bond motifs is 1. The zero-order valence-corrected chi connectivity index (χ0v) is 19.9. The van der Waals surface area contributed by atoms with Gasteiger partial charge in [-0.25, -0.2) is 4.98 Å². The van der Waals surface area contributed by atoms with Crippen LogP contribution in [0, 0.1) is 6.92 Å². The highest BCUT2D eigenvalue weighted by molar-refractivity contribution is 7.22. The van der Waals surface area contributed by atoms with Crippen molar-refractivity contribution in [1.29, 1.82) is 0 Å². The molecule has 1 aliphatic heterocycles. The maximum Gasteiger partial charge on any atom is 0.301 e. The number of benzene rings is 3. The Morgan fingerprint density at radius 1 is 1.06 bits per heavy atom. The van der Waals surface area contributed by atoms with Gasteiger partial charge < -0.3 is 9.84 Å². The zero-order valence-electron chi connectivity index (χ0n) is 18.3. The van der Waals surface area contributed by atoms with Crippen molar-refractivity contribution in [2.45, 2.75) is 13.0 Å². The molecule has 1 aliphatic rings. The number of anilines is 1. The lowest BCUT2D eigenvalue weighted by Gasteiger charge is -2.23. The molecule has 1 N–H and O–H groups in total. The summed E-state index contributed by atoms with van der Waals surface area (Å²) in [4.78, 5) is 32.5. The van der Waals surface area contributed by atoms with Crippen LogP contribution in [0.3, 0.4) is 0 Å². The molecule has 6 nitrogen and oxygen atoms in total. The van der Waals surface area contributed by atoms with Crippen molar-refractivity contribution in [3.05, 3.63) is 94.0 Å². The first-order valence-corrected chi connectivity index (χ1v) is 11.6. The zero-order chi connectivity index (χ0) is 24.0. The number of amides is 1. The molecule has 1 saturated heterocycles. The summed E-state index contributed by atoms with van der Waals surface area (Å²) in [7, 11) is 1.58. The lowest BCUT2D eigenvalue weighted by Crippen LogP contribution is -2.29. The molecule has 4 aromatic rings. The van der Waals surface area contributed by atoms with E-state index in [0.29, 0.717) is 32.5 Å². The third kappa shape index (κ3) is 3.73. The van der Waals surface area contributed by atoms with Crippen LogP contribution in [0.2, 0.25) is 5.02 Å². The number of nitrogens with zero attached hydrogens (tertiary/aromatic N) is 2. The number of ketones is 1. The van der Waals surface area contributed by atoms with E-state index in [1.54, 1.807) is 55.6 Å². The van der Waals surface area contributed by atoms with E-state index in [2.05, 4.69) is 4.98 Å². The smallest absolute Gasteiger partial charge is 0.301 e. The largest absolute Gasteiger partial charge is 0.507 e. The second kappa shape index (κ2) is 8.59. The van der Waals surface area contributed by atoms with Crippen molar-refractivity contribution in [2.24, 2.45) is 0 Å². The van der Waals surface area contributed by atoms with E-state index in [4.69, 9.17) is 16.3 Å². The van der Waals surface area contributed by atoms with E-state index in [1.165, 1.54) is 16.2 Å². The third-order valence-electron chi connectivity index (χ3n) is 5.75. The molecular formula is C26H19ClN2O4S. The number of aromatic nitrogens is 1. The van der Waals surface area contributed by atoms with Crippen molar-refractivity contribution in [1.82, 2.24) is 4.98 Å². The number of hydrogen-bond acceptors (Lipinski definition) is 6. The summed E-state index contributed by atoms with van der Waals surface area (Å²) in [5.41, 5.74) is 2.78. The van der Waals surface area contributed by atoms with Crippen molar-refractivity contribution < 1.29 is 19.4 Å². The van der Waals surface area contributed by atoms with Gasteiger partial charge in [-0.1, -0.05) is 64.9 Å². The minimum atomic E-state index is -0.860. The third-order valence-corrected chi connectivity index (χ3v) is 7.02. The van der Waals surface area contributed by atoms with Crippen molar-refractivity contribution in [3.63, 3.8) is 0 Å². The number of aliphatic hydroxyl groups excluding tert-OH is 1. The summed E-state index contributed by atoms with van der Waals surface area (Å²) in [6, 6.07) is 18.5. The highest BCUT2D eigenvalue weighted by atomic mass is 35.5. The second-order valence-electron chi connectivity index (χ2n) is 7.92. The molecule has 0 radical (unpaired) electrons. The van der Waals surface area contributed by atoms with Crippen LogP contribution in [0.5, 0.6) is 5.75 Å². The molecule has 1 unspecified atom stereocenters. The molecule has 1 atom stereocenters. The van der Waals surface area contributed by atoms with Gasteiger partial charge in [-0.15, -0.1) is 0 Å². The maximum absolute atomic E-state index is 13.3. The lowest BCUT2D eigenvalue weighted by molar-refractivity contribution is -0.132. The molecule has 0 bridgehead atoms. The molecule has 3 aromatic carbocycles. The van der Waals surface area contributed by atoms with Gasteiger partial charge in [0.1, 0.15) is 11.5 Å². The normalized spacial score (nSPS) is 17.5. The first kappa shape index (κ1) is 22.1. The summed E-state index contributed by atoms with van der Waals surface area (Å²) in [5, 5.41) is 12.1. The van der Waals surface area contributed by atoms with Gasteiger partial charge >= 0.3 is 5.91 Å². The van der Waals surface area contributed by atoms with Crippen LogP contribution in [-0.2, 0) is 9.59 Å². The van der Waals surface area contributed by atoms with E-state index in [-0.39, 0.29) is 11.3 Å². The summed E-state index contributed by atoms with van der Waals surface area (Å²) >= 11 is 7.36. The molecule has 0 aliphatic carbocycles. The van der Waals surface area contributed by atoms with Crippen LogP contribution in [0.15, 0.2) is 72.3 Å². The number of halogens is 1. The molecule has 170 valence electrons. The number of carbonyl (C=O) groups excluding carboxylic acids is 2. The van der Waals surface area contributed by atoms with Crippen LogP contribution < -0.4 is 9.64 Å². The van der Waals surface area contributed by atoms with Crippen LogP contribution >= 0.6 is 22.9 Å². The fourth-order valence-electron chi connectivity index (χ4n) is 3.98. The van der Waals surface area contributed by atoms with Gasteiger partial charge in [-0.2, -0.15) is 0 Å². The minimum absolute atomic E-state index is 0.00742. The molecule has 2 heterocycles. The average Bonchev–Trinajstić information content (AvgIpc) is 3.37. The number of carbonyl (C=O) groups is 2. The van der Waals surface area contributed by atoms with E-state index >= 15 is 0 Å². The highest BCUT2D eigenvalue weighted by Crippen LogP contribution is 2.44. The Balaban J connectivity index is 1.71. The highest BCUT2D eigenvalue weighted by Gasteiger charge is 2.48. The van der Waals surface area contributed by atoms with Crippen LogP contribution in [0.25, 0.3) is 16.0 Å². The number of aliphatic hydroxyl groups is 1. The Bertz CT molecular complexity index is 1460. The Hall–Kier alpha value is -3.68. The van der Waals surface area contributed by atoms with E-state index in [0.717, 1.165) is 10.3 Å². The molecule has 1 aromatic heterocycles. The number of aryl methyl sites for hydroxylation is 1. The molecule has 1 fully saturated rings. The first-order valence-electron chi connectivity index (χ1n) is 10.5. The standard InChI is InChI=1S/C26H19ClN2O4S/c1-14-3-5-16(6-4-14)23(30)21-22(15-7-9-17(27)10-8-15)29(25(32)24(21)31)26-28-19-12-11-18(33-2)13-20(19)34-26/h3-13,22,30H,1-2H3. The average molecular weight is 491 g/mol. The Morgan fingerprint density at radius 2 is 1.76 bits per heavy atom. The summed E-state index contributed by atoms with van der Waals surface area (Å²) < 4.78 is 6.10. The summed E-state index contributed by atoms with van der Waals surface area (Å²) in [5.74, 6) is -1.09. The van der Waals surface area contributed by atoms with Gasteiger partial charge in [0.15, 0.2) is 5.13 Å². The van der Waals surface area contributed by atoms with Gasteiger partial charge in [0.2, 0.25) is 0 Å². The first-order chi connectivity index (χ1) is 16.4. The van der Waals surface area contributed by atoms with Gasteiger partial charge in [-0.05, 0) is 42.8 Å². The van der Waals surface area contributed by atoms with E-state index in [1.807, 2.05) is 25.1 Å². The number of methoxy groups -OCH3 is 1. The van der Waals surface area contributed by atoms with E-state index < -0.39 is 17.7 Å². The van der Waals surface area contributed by atoms with Crippen molar-refractivity contribution >= 4 is 55.7 Å². The Morgan fingerprint density at radius 3 is 2.44 bits per heavy atom. The van der Waals surface area contributed by atoms with Gasteiger partial charge in [0, 0.05) is 10.6 Å². The fourth-order valence-corrected chi connectivity index (χ4v) is 5.13. The monoisotopic (exact) mass is 490 g/mol. The molecule has 0 saturated carbocycles. The molecule has 5 rings (SSSR count). The van der Waals surface area contributed by atoms with Crippen LogP contribution in [-0.4, -0.2) is 28.9 Å². The van der Waals surface area contributed by atoms with Gasteiger partial charge in [0.05, 0.1) is 28.9 Å². The number of rotatable bonds is 4.